The second kappa shape index (κ2) is 4.51. The van der Waals surface area contributed by atoms with Gasteiger partial charge in [0.2, 0.25) is 0 Å². The van der Waals surface area contributed by atoms with Crippen molar-refractivity contribution in [1.29, 1.82) is 0 Å². The van der Waals surface area contributed by atoms with Crippen LogP contribution in [-0.4, -0.2) is 20.7 Å². The lowest BCUT2D eigenvalue weighted by Gasteiger charge is -2.21. The van der Waals surface area contributed by atoms with Crippen LogP contribution in [0.4, 0.5) is 0 Å². The number of rotatable bonds is 4. The van der Waals surface area contributed by atoms with E-state index in [2.05, 4.69) is 19.6 Å². The van der Waals surface area contributed by atoms with E-state index in [1.54, 1.807) is 0 Å². The summed E-state index contributed by atoms with van der Waals surface area (Å²) in [6, 6.07) is 1.10. The van der Waals surface area contributed by atoms with Crippen molar-refractivity contribution in [3.05, 3.63) is 0 Å². The summed E-state index contributed by atoms with van der Waals surface area (Å²) >= 11 is 0. The topological polar surface area (TPSA) is 26.3 Å². The summed E-state index contributed by atoms with van der Waals surface area (Å²) < 4.78 is 5.45. The molecule has 16 heavy (non-hydrogen) atoms. The fourth-order valence-electron chi connectivity index (χ4n) is 3.10. The van der Waals surface area contributed by atoms with E-state index in [1.165, 1.54) is 19.3 Å². The van der Waals surface area contributed by atoms with Gasteiger partial charge in [-0.05, 0) is 37.1 Å². The van der Waals surface area contributed by atoms with Crippen molar-refractivity contribution in [2.24, 2.45) is 17.8 Å². The maximum absolute atomic E-state index is 11.9. The number of carbonyl (C=O) groups is 1. The molecule has 3 heteroatoms. The summed E-state index contributed by atoms with van der Waals surface area (Å²) in [5.74, 6) is 1.84. The molecule has 0 aromatic rings. The zero-order chi connectivity index (χ0) is 11.8. The third-order valence-electron chi connectivity index (χ3n) is 4.14. The Hall–Kier alpha value is -0.313. The van der Waals surface area contributed by atoms with Crippen LogP contribution in [0.3, 0.4) is 0 Å². The molecule has 2 fully saturated rings. The molecule has 0 heterocycles. The lowest BCUT2D eigenvalue weighted by Crippen LogP contribution is -2.27. The van der Waals surface area contributed by atoms with Crippen molar-refractivity contribution in [3.8, 4) is 0 Å². The van der Waals surface area contributed by atoms with Crippen molar-refractivity contribution in [3.63, 3.8) is 0 Å². The third-order valence-corrected chi connectivity index (χ3v) is 5.84. The lowest BCUT2D eigenvalue weighted by molar-refractivity contribution is -0.149. The van der Waals surface area contributed by atoms with Crippen LogP contribution < -0.4 is 0 Å². The van der Waals surface area contributed by atoms with Gasteiger partial charge in [-0.25, -0.2) is 0 Å². The van der Waals surface area contributed by atoms with E-state index in [0.29, 0.717) is 12.5 Å². The molecule has 0 amide bonds. The van der Waals surface area contributed by atoms with Gasteiger partial charge in [0.1, 0.15) is 0 Å². The van der Waals surface area contributed by atoms with Gasteiger partial charge in [-0.1, -0.05) is 26.1 Å². The summed E-state index contributed by atoms with van der Waals surface area (Å²) in [5.41, 5.74) is 0. The van der Waals surface area contributed by atoms with E-state index in [9.17, 15) is 4.79 Å². The monoisotopic (exact) mass is 240 g/mol. The highest BCUT2D eigenvalue weighted by molar-refractivity contribution is 6.76. The molecule has 0 saturated heterocycles. The number of fused-ring (bicyclic) bond motifs is 2. The molecule has 0 spiro atoms. The van der Waals surface area contributed by atoms with E-state index in [4.69, 9.17) is 4.74 Å². The Balaban J connectivity index is 1.73. The quantitative estimate of drug-likeness (QED) is 0.557. The average Bonchev–Trinajstić information content (AvgIpc) is 2.76. The van der Waals surface area contributed by atoms with E-state index in [0.717, 1.165) is 18.4 Å². The molecule has 0 radical (unpaired) electrons. The Labute approximate surface area is 99.8 Å². The van der Waals surface area contributed by atoms with Gasteiger partial charge in [-0.3, -0.25) is 4.79 Å². The molecule has 2 bridgehead atoms. The molecule has 0 aromatic heterocycles. The van der Waals surface area contributed by atoms with Gasteiger partial charge in [0.25, 0.3) is 0 Å². The van der Waals surface area contributed by atoms with Gasteiger partial charge in [0, 0.05) is 8.07 Å². The third kappa shape index (κ3) is 2.87. The molecule has 0 aromatic carbocycles. The van der Waals surface area contributed by atoms with Crippen molar-refractivity contribution < 1.29 is 9.53 Å². The van der Waals surface area contributed by atoms with Gasteiger partial charge < -0.3 is 4.74 Å². The molecular formula is C13H24O2Si. The number of esters is 1. The van der Waals surface area contributed by atoms with Crippen LogP contribution in [0.5, 0.6) is 0 Å². The molecule has 2 rings (SSSR count). The van der Waals surface area contributed by atoms with Gasteiger partial charge in [0.05, 0.1) is 12.5 Å². The molecule has 3 unspecified atom stereocenters. The van der Waals surface area contributed by atoms with Crippen LogP contribution in [0.15, 0.2) is 0 Å². The highest BCUT2D eigenvalue weighted by Crippen LogP contribution is 2.48. The van der Waals surface area contributed by atoms with Crippen molar-refractivity contribution in [2.75, 3.05) is 6.61 Å². The van der Waals surface area contributed by atoms with Gasteiger partial charge in [-0.2, -0.15) is 0 Å². The smallest absolute Gasteiger partial charge is 0.309 e. The van der Waals surface area contributed by atoms with Crippen LogP contribution >= 0.6 is 0 Å². The number of hydrogen-bond acceptors (Lipinski definition) is 2. The first-order chi connectivity index (χ1) is 7.46. The molecule has 92 valence electrons. The molecule has 2 aliphatic rings. The summed E-state index contributed by atoms with van der Waals surface area (Å²) in [7, 11) is -1.06. The minimum absolute atomic E-state index is 0.102. The summed E-state index contributed by atoms with van der Waals surface area (Å²) in [6.45, 7) is 7.61. The Morgan fingerprint density at radius 1 is 1.25 bits per heavy atom. The first-order valence-electron chi connectivity index (χ1n) is 6.62. The predicted molar refractivity (Wildman–Crippen MR) is 68.1 cm³/mol. The Morgan fingerprint density at radius 2 is 2.00 bits per heavy atom. The molecule has 2 nitrogen and oxygen atoms in total. The summed E-state index contributed by atoms with van der Waals surface area (Å²) in [5, 5.41) is 0. The van der Waals surface area contributed by atoms with Crippen LogP contribution in [0.25, 0.3) is 0 Å². The zero-order valence-electron chi connectivity index (χ0n) is 10.8. The standard InChI is InChI=1S/C13H24O2Si/c1-16(2,3)7-6-15-13(14)12-9-10-4-5-11(12)8-10/h10-12H,4-9H2,1-3H3. The number of carbonyl (C=O) groups excluding carboxylic acids is 1. The fraction of sp³-hybridized carbons (Fsp3) is 0.923. The summed E-state index contributed by atoms with van der Waals surface area (Å²) in [6.07, 6.45) is 5.01. The van der Waals surface area contributed by atoms with Crippen molar-refractivity contribution >= 4 is 14.0 Å². The maximum atomic E-state index is 11.9. The van der Waals surface area contributed by atoms with E-state index in [-0.39, 0.29) is 11.9 Å². The molecule has 0 aliphatic heterocycles. The normalized spacial score (nSPS) is 33.1. The van der Waals surface area contributed by atoms with Gasteiger partial charge in [-0.15, -0.1) is 0 Å². The van der Waals surface area contributed by atoms with Gasteiger partial charge in [0.15, 0.2) is 0 Å². The fourth-order valence-corrected chi connectivity index (χ4v) is 3.81. The maximum Gasteiger partial charge on any atom is 0.309 e. The first-order valence-corrected chi connectivity index (χ1v) is 10.3. The largest absolute Gasteiger partial charge is 0.466 e. The van der Waals surface area contributed by atoms with Gasteiger partial charge >= 0.3 is 5.97 Å². The number of hydrogen-bond donors (Lipinski definition) is 0. The second-order valence-corrected chi connectivity index (χ2v) is 12.4. The molecule has 0 N–H and O–H groups in total. The Kier molecular flexibility index (Phi) is 3.43. The zero-order valence-corrected chi connectivity index (χ0v) is 11.8. The second-order valence-electron chi connectivity index (χ2n) is 6.76. The van der Waals surface area contributed by atoms with Crippen LogP contribution in [0.1, 0.15) is 25.7 Å². The average molecular weight is 240 g/mol. The Bertz CT molecular complexity index is 270. The lowest BCUT2D eigenvalue weighted by atomic mass is 9.89. The van der Waals surface area contributed by atoms with E-state index < -0.39 is 8.07 Å². The summed E-state index contributed by atoms with van der Waals surface area (Å²) in [4.78, 5) is 11.9. The van der Waals surface area contributed by atoms with E-state index in [1.807, 2.05) is 0 Å². The Morgan fingerprint density at radius 3 is 2.50 bits per heavy atom. The van der Waals surface area contributed by atoms with E-state index >= 15 is 0 Å². The highest BCUT2D eigenvalue weighted by Gasteiger charge is 2.43. The molecular weight excluding hydrogens is 216 g/mol. The molecule has 2 saturated carbocycles. The van der Waals surface area contributed by atoms with Crippen molar-refractivity contribution in [1.82, 2.24) is 0 Å². The highest BCUT2D eigenvalue weighted by atomic mass is 28.3. The molecule has 2 aliphatic carbocycles. The SMILES string of the molecule is C[Si](C)(C)CCOC(=O)C1CC2CCC1C2. The predicted octanol–water partition coefficient (Wildman–Crippen LogP) is 3.30. The van der Waals surface area contributed by atoms with Crippen LogP contribution in [0, 0.1) is 17.8 Å². The first kappa shape index (κ1) is 12.2. The minimum atomic E-state index is -1.06. The van der Waals surface area contributed by atoms with Crippen LogP contribution in [-0.2, 0) is 9.53 Å². The minimum Gasteiger partial charge on any atom is -0.466 e. The number of ether oxygens (including phenoxy) is 1. The van der Waals surface area contributed by atoms with Crippen LogP contribution in [0.2, 0.25) is 25.7 Å². The van der Waals surface area contributed by atoms with Crippen molar-refractivity contribution in [2.45, 2.75) is 51.4 Å². The molecule has 3 atom stereocenters.